The van der Waals surface area contributed by atoms with Gasteiger partial charge >= 0.3 is 5.97 Å². The van der Waals surface area contributed by atoms with Crippen molar-refractivity contribution in [3.05, 3.63) is 44.3 Å². The van der Waals surface area contributed by atoms with Gasteiger partial charge in [0.05, 0.1) is 12.1 Å². The summed E-state index contributed by atoms with van der Waals surface area (Å²) >= 11 is 4.32. The van der Waals surface area contributed by atoms with E-state index in [0.717, 1.165) is 16.3 Å². The van der Waals surface area contributed by atoms with Crippen LogP contribution in [0.25, 0.3) is 0 Å². The maximum absolute atomic E-state index is 10.9. The van der Waals surface area contributed by atoms with Crippen molar-refractivity contribution in [1.29, 1.82) is 0 Å². The van der Waals surface area contributed by atoms with Crippen molar-refractivity contribution in [2.24, 2.45) is 0 Å². The third-order valence-corrected chi connectivity index (χ3v) is 4.24. The Morgan fingerprint density at radius 3 is 2.83 bits per heavy atom. The molecule has 0 aliphatic rings. The zero-order chi connectivity index (χ0) is 13.1. The maximum atomic E-state index is 10.9. The number of nitrogens with zero attached hydrogens (tertiary/aromatic N) is 1. The zero-order valence-electron chi connectivity index (χ0n) is 9.51. The summed E-state index contributed by atoms with van der Waals surface area (Å²) < 4.78 is 5.63. The van der Waals surface area contributed by atoms with E-state index in [1.165, 1.54) is 11.3 Å². The first-order valence-corrected chi connectivity index (χ1v) is 6.73. The van der Waals surface area contributed by atoms with Crippen molar-refractivity contribution in [2.75, 3.05) is 7.11 Å². The van der Waals surface area contributed by atoms with Gasteiger partial charge in [0.1, 0.15) is 15.2 Å². The fourth-order valence-corrected chi connectivity index (χ4v) is 3.12. The lowest BCUT2D eigenvalue weighted by molar-refractivity contribution is 0.0701. The number of aromatic carboxylic acids is 1. The molecule has 0 saturated heterocycles. The fourth-order valence-electron chi connectivity index (χ4n) is 1.56. The van der Waals surface area contributed by atoms with Crippen LogP contribution in [0.1, 0.15) is 20.2 Å². The molecular formula is C12H10BrNO3S. The van der Waals surface area contributed by atoms with Crippen LogP contribution >= 0.6 is 27.3 Å². The molecule has 0 aliphatic heterocycles. The number of aromatic nitrogens is 1. The molecule has 0 spiro atoms. The summed E-state index contributed by atoms with van der Waals surface area (Å²) in [5.74, 6) is -0.189. The standard InChI is InChI=1S/C12H10BrNO3S/c1-17-8-5-3-2-4-7(8)6-9-14-11(13)10(18-9)12(15)16/h2-5H,6H2,1H3,(H,15,16). The van der Waals surface area contributed by atoms with Gasteiger partial charge in [-0.05, 0) is 22.0 Å². The van der Waals surface area contributed by atoms with Gasteiger partial charge in [0.2, 0.25) is 0 Å². The van der Waals surface area contributed by atoms with Gasteiger partial charge in [-0.1, -0.05) is 18.2 Å². The first-order chi connectivity index (χ1) is 8.61. The molecule has 2 rings (SSSR count). The molecule has 0 fully saturated rings. The van der Waals surface area contributed by atoms with Gasteiger partial charge in [-0.2, -0.15) is 0 Å². The van der Waals surface area contributed by atoms with E-state index in [4.69, 9.17) is 9.84 Å². The molecule has 1 N–H and O–H groups in total. The lowest BCUT2D eigenvalue weighted by Crippen LogP contribution is -1.92. The van der Waals surface area contributed by atoms with E-state index in [-0.39, 0.29) is 4.88 Å². The predicted molar refractivity (Wildman–Crippen MR) is 72.6 cm³/mol. The molecule has 94 valence electrons. The molecule has 0 unspecified atom stereocenters. The van der Waals surface area contributed by atoms with E-state index < -0.39 is 5.97 Å². The van der Waals surface area contributed by atoms with Gasteiger partial charge in [0, 0.05) is 12.0 Å². The van der Waals surface area contributed by atoms with Gasteiger partial charge < -0.3 is 9.84 Å². The van der Waals surface area contributed by atoms with Crippen LogP contribution in [0, 0.1) is 0 Å². The van der Waals surface area contributed by atoms with Crippen LogP contribution in [0.2, 0.25) is 0 Å². The minimum atomic E-state index is -0.967. The number of halogens is 1. The zero-order valence-corrected chi connectivity index (χ0v) is 11.9. The quantitative estimate of drug-likeness (QED) is 0.936. The molecule has 1 aromatic heterocycles. The molecule has 0 amide bonds. The Morgan fingerprint density at radius 1 is 1.50 bits per heavy atom. The minimum absolute atomic E-state index is 0.222. The van der Waals surface area contributed by atoms with E-state index >= 15 is 0 Å². The number of thiazole rings is 1. The summed E-state index contributed by atoms with van der Waals surface area (Å²) in [4.78, 5) is 15.3. The highest BCUT2D eigenvalue weighted by atomic mass is 79.9. The predicted octanol–water partition coefficient (Wildman–Crippen LogP) is 3.20. The first kappa shape index (κ1) is 13.0. The second-order valence-electron chi connectivity index (χ2n) is 3.52. The Kier molecular flexibility index (Phi) is 3.98. The monoisotopic (exact) mass is 327 g/mol. The maximum Gasteiger partial charge on any atom is 0.348 e. The van der Waals surface area contributed by atoms with Crippen molar-refractivity contribution < 1.29 is 14.6 Å². The van der Waals surface area contributed by atoms with Gasteiger partial charge in [-0.25, -0.2) is 9.78 Å². The number of carbonyl (C=O) groups is 1. The van der Waals surface area contributed by atoms with Crippen LogP contribution in [0.3, 0.4) is 0 Å². The molecular weight excluding hydrogens is 318 g/mol. The summed E-state index contributed by atoms with van der Waals surface area (Å²) in [7, 11) is 1.61. The Bertz CT molecular complexity index is 582. The number of rotatable bonds is 4. The largest absolute Gasteiger partial charge is 0.496 e. The van der Waals surface area contributed by atoms with Crippen molar-refractivity contribution in [2.45, 2.75) is 6.42 Å². The lowest BCUT2D eigenvalue weighted by atomic mass is 10.1. The van der Waals surface area contributed by atoms with Crippen LogP contribution in [-0.2, 0) is 6.42 Å². The van der Waals surface area contributed by atoms with E-state index in [0.29, 0.717) is 11.0 Å². The van der Waals surface area contributed by atoms with E-state index in [9.17, 15) is 4.79 Å². The third kappa shape index (κ3) is 2.70. The van der Waals surface area contributed by atoms with E-state index in [1.54, 1.807) is 7.11 Å². The fraction of sp³-hybridized carbons (Fsp3) is 0.167. The molecule has 6 heteroatoms. The Hall–Kier alpha value is -1.40. The highest BCUT2D eigenvalue weighted by Gasteiger charge is 2.16. The molecule has 0 atom stereocenters. The van der Waals surface area contributed by atoms with Crippen molar-refractivity contribution in [3.8, 4) is 5.75 Å². The van der Waals surface area contributed by atoms with Gasteiger partial charge in [0.15, 0.2) is 0 Å². The second kappa shape index (κ2) is 5.49. The highest BCUT2D eigenvalue weighted by Crippen LogP contribution is 2.27. The van der Waals surface area contributed by atoms with Crippen molar-refractivity contribution >= 4 is 33.2 Å². The molecule has 18 heavy (non-hydrogen) atoms. The number of carboxylic acid groups (broad SMARTS) is 1. The van der Waals surface area contributed by atoms with Crippen LogP contribution in [0.4, 0.5) is 0 Å². The van der Waals surface area contributed by atoms with Crippen LogP contribution in [0.5, 0.6) is 5.75 Å². The number of methoxy groups -OCH3 is 1. The molecule has 1 heterocycles. The average molecular weight is 328 g/mol. The first-order valence-electron chi connectivity index (χ1n) is 5.12. The smallest absolute Gasteiger partial charge is 0.348 e. The molecule has 0 radical (unpaired) electrons. The Balaban J connectivity index is 2.29. The average Bonchev–Trinajstić information content (AvgIpc) is 2.71. The molecule has 0 saturated carbocycles. The number of carboxylic acids is 1. The number of benzene rings is 1. The van der Waals surface area contributed by atoms with Gasteiger partial charge in [0.25, 0.3) is 0 Å². The summed E-state index contributed by atoms with van der Waals surface area (Å²) in [5, 5.41) is 9.70. The summed E-state index contributed by atoms with van der Waals surface area (Å²) in [6.07, 6.45) is 0.556. The lowest BCUT2D eigenvalue weighted by Gasteiger charge is -2.05. The highest BCUT2D eigenvalue weighted by molar-refractivity contribution is 9.10. The van der Waals surface area contributed by atoms with Gasteiger partial charge in [-0.3, -0.25) is 0 Å². The molecule has 0 aliphatic carbocycles. The van der Waals surface area contributed by atoms with Crippen molar-refractivity contribution in [1.82, 2.24) is 4.98 Å². The Morgan fingerprint density at radius 2 is 2.22 bits per heavy atom. The van der Waals surface area contributed by atoms with Crippen molar-refractivity contribution in [3.63, 3.8) is 0 Å². The molecule has 1 aromatic carbocycles. The number of hydrogen-bond acceptors (Lipinski definition) is 4. The van der Waals surface area contributed by atoms with Gasteiger partial charge in [-0.15, -0.1) is 11.3 Å². The number of hydrogen-bond donors (Lipinski definition) is 1. The summed E-state index contributed by atoms with van der Waals surface area (Å²) in [5.41, 5.74) is 0.984. The minimum Gasteiger partial charge on any atom is -0.496 e. The topological polar surface area (TPSA) is 59.4 Å². The molecule has 0 bridgehead atoms. The Labute approximate surface area is 116 Å². The summed E-state index contributed by atoms with van der Waals surface area (Å²) in [6, 6.07) is 7.62. The molecule has 4 nitrogen and oxygen atoms in total. The van der Waals surface area contributed by atoms with E-state index in [2.05, 4.69) is 20.9 Å². The van der Waals surface area contributed by atoms with Crippen LogP contribution in [0.15, 0.2) is 28.9 Å². The SMILES string of the molecule is COc1ccccc1Cc1nc(Br)c(C(=O)O)s1. The number of ether oxygens (including phenoxy) is 1. The summed E-state index contributed by atoms with van der Waals surface area (Å²) in [6.45, 7) is 0. The second-order valence-corrected chi connectivity index (χ2v) is 5.36. The van der Waals surface area contributed by atoms with Crippen LogP contribution in [-0.4, -0.2) is 23.2 Å². The van der Waals surface area contributed by atoms with Crippen LogP contribution < -0.4 is 4.74 Å². The van der Waals surface area contributed by atoms with E-state index in [1.807, 2.05) is 24.3 Å². The normalized spacial score (nSPS) is 10.3. The third-order valence-electron chi connectivity index (χ3n) is 2.36. The number of para-hydroxylation sites is 1. The molecule has 2 aromatic rings.